The number of nitrogens with two attached hydrogens (primary N) is 1. The van der Waals surface area contributed by atoms with Gasteiger partial charge in [0.1, 0.15) is 29.4 Å². The zero-order valence-electron chi connectivity index (χ0n) is 20.4. The zero-order valence-corrected chi connectivity index (χ0v) is 21.2. The Morgan fingerprint density at radius 2 is 2.05 bits per heavy atom. The highest BCUT2D eigenvalue weighted by molar-refractivity contribution is 7.19. The fourth-order valence-corrected chi connectivity index (χ4v) is 5.56. The van der Waals surface area contributed by atoms with Gasteiger partial charge < -0.3 is 20.8 Å². The summed E-state index contributed by atoms with van der Waals surface area (Å²) in [7, 11) is 0. The first-order valence-electron chi connectivity index (χ1n) is 12.1. The Labute approximate surface area is 220 Å². The Bertz CT molecular complexity index is 1690. The van der Waals surface area contributed by atoms with E-state index in [1.807, 2.05) is 49.4 Å². The summed E-state index contributed by atoms with van der Waals surface area (Å²) in [6, 6.07) is 12.2. The van der Waals surface area contributed by atoms with Crippen LogP contribution in [0.3, 0.4) is 0 Å². The Balaban J connectivity index is 1.16. The first kappa shape index (κ1) is 23.8. The van der Waals surface area contributed by atoms with Gasteiger partial charge in [-0.3, -0.25) is 14.2 Å². The van der Waals surface area contributed by atoms with Crippen LogP contribution >= 0.6 is 11.3 Å². The lowest BCUT2D eigenvalue weighted by molar-refractivity contribution is -0.124. The minimum atomic E-state index is -0.637. The van der Waals surface area contributed by atoms with Gasteiger partial charge in [0, 0.05) is 33.1 Å². The van der Waals surface area contributed by atoms with E-state index in [-0.39, 0.29) is 17.2 Å². The third kappa shape index (κ3) is 4.50. The number of aromatic nitrogens is 5. The van der Waals surface area contributed by atoms with Crippen LogP contribution in [0.4, 0.5) is 11.5 Å². The topological polar surface area (TPSA) is 154 Å². The normalized spacial score (nSPS) is 15.3. The average molecular weight is 529 g/mol. The summed E-state index contributed by atoms with van der Waals surface area (Å²) in [6.45, 7) is 2.17. The number of hydrogen-bond donors (Lipinski definition) is 3. The van der Waals surface area contributed by atoms with E-state index in [2.05, 4.69) is 30.8 Å². The van der Waals surface area contributed by atoms with Crippen LogP contribution in [-0.2, 0) is 17.8 Å². The van der Waals surface area contributed by atoms with Gasteiger partial charge in [0.25, 0.3) is 5.56 Å². The van der Waals surface area contributed by atoms with Crippen molar-refractivity contribution in [1.29, 1.82) is 0 Å². The first-order chi connectivity index (χ1) is 18.5. The molecule has 4 N–H and O–H groups in total. The van der Waals surface area contributed by atoms with Crippen LogP contribution in [-0.4, -0.2) is 30.6 Å². The summed E-state index contributed by atoms with van der Waals surface area (Å²) < 4.78 is 8.29. The highest BCUT2D eigenvalue weighted by atomic mass is 32.1. The van der Waals surface area contributed by atoms with E-state index >= 15 is 0 Å². The molecule has 0 spiro atoms. The Morgan fingerprint density at radius 3 is 2.89 bits per heavy atom. The lowest BCUT2D eigenvalue weighted by atomic mass is 10.2. The predicted octanol–water partition coefficient (Wildman–Crippen LogP) is 3.46. The third-order valence-corrected chi connectivity index (χ3v) is 7.54. The van der Waals surface area contributed by atoms with Crippen molar-refractivity contribution in [3.05, 3.63) is 81.8 Å². The van der Waals surface area contributed by atoms with Gasteiger partial charge in [0.15, 0.2) is 0 Å². The highest BCUT2D eigenvalue weighted by Crippen LogP contribution is 2.28. The average Bonchev–Trinajstić information content (AvgIpc) is 3.67. The summed E-state index contributed by atoms with van der Waals surface area (Å²) in [4.78, 5) is 36.0. The molecule has 0 radical (unpaired) electrons. The van der Waals surface area contributed by atoms with Crippen LogP contribution in [0.5, 0.6) is 0 Å². The number of nitrogens with zero attached hydrogens (tertiary/aromatic N) is 5. The molecule has 6 rings (SSSR count). The maximum absolute atomic E-state index is 13.4. The maximum atomic E-state index is 13.4. The van der Waals surface area contributed by atoms with Crippen molar-refractivity contribution in [2.45, 2.75) is 38.4 Å². The van der Waals surface area contributed by atoms with Gasteiger partial charge in [0.05, 0.1) is 12.7 Å². The molecule has 12 heteroatoms. The van der Waals surface area contributed by atoms with E-state index in [0.29, 0.717) is 42.8 Å². The first-order valence-corrected chi connectivity index (χ1v) is 13.0. The van der Waals surface area contributed by atoms with E-state index in [9.17, 15) is 9.59 Å². The lowest BCUT2D eigenvalue weighted by Crippen LogP contribution is -2.36. The number of benzene rings is 1. The standard InChI is InChI=1S/C26H24N8O3S/c1-14(24-32-33-25(37-24)15-5-3-2-4-6-15)31-18-13-29-22-8-7-19(34(22)26(18)36)23(35)30-12-17-9-16-11-28-21(27)10-20(16)38-17/h2-6,9-11,13-14,19,31H,7-8,12H2,1H3,(H2,27,28)(H,30,35)/t14-,19+/m1/s1. The van der Waals surface area contributed by atoms with Crippen LogP contribution in [0.25, 0.3) is 21.5 Å². The summed E-state index contributed by atoms with van der Waals surface area (Å²) in [5.74, 6) is 1.55. The molecule has 1 aliphatic heterocycles. The zero-order chi connectivity index (χ0) is 26.2. The molecular formula is C26H24N8O3S. The number of carbonyl (C=O) groups is 1. The van der Waals surface area contributed by atoms with Crippen molar-refractivity contribution in [2.75, 3.05) is 11.1 Å². The number of nitrogens with one attached hydrogen (secondary N) is 2. The fraction of sp³-hybridized carbons (Fsp3) is 0.231. The molecule has 0 fully saturated rings. The van der Waals surface area contributed by atoms with E-state index in [4.69, 9.17) is 10.2 Å². The van der Waals surface area contributed by atoms with Gasteiger partial charge in [-0.15, -0.1) is 21.5 Å². The minimum absolute atomic E-state index is 0.225. The fourth-order valence-electron chi connectivity index (χ4n) is 4.54. The van der Waals surface area contributed by atoms with Gasteiger partial charge in [-0.1, -0.05) is 18.2 Å². The van der Waals surface area contributed by atoms with E-state index < -0.39 is 12.1 Å². The van der Waals surface area contributed by atoms with E-state index in [1.165, 1.54) is 10.8 Å². The number of anilines is 2. The van der Waals surface area contributed by atoms with Crippen LogP contribution < -0.4 is 21.9 Å². The number of rotatable bonds is 7. The summed E-state index contributed by atoms with van der Waals surface area (Å²) >= 11 is 1.55. The SMILES string of the molecule is C[C@@H](Nc1cnc2n(c1=O)[C@H](C(=O)NCc1cc3cnc(N)cc3s1)CC2)c1nnc(-c2ccccc2)o1. The summed E-state index contributed by atoms with van der Waals surface area (Å²) in [5, 5.41) is 15.3. The van der Waals surface area contributed by atoms with E-state index in [1.54, 1.807) is 17.5 Å². The molecule has 2 atom stereocenters. The van der Waals surface area contributed by atoms with Crippen LogP contribution in [0.1, 0.15) is 42.0 Å². The van der Waals surface area contributed by atoms with Crippen molar-refractivity contribution in [3.8, 4) is 11.5 Å². The summed E-state index contributed by atoms with van der Waals surface area (Å²) in [5.41, 5.74) is 6.52. The van der Waals surface area contributed by atoms with Crippen molar-refractivity contribution in [2.24, 2.45) is 0 Å². The number of thiophene rings is 1. The molecular weight excluding hydrogens is 504 g/mol. The molecule has 11 nitrogen and oxygen atoms in total. The molecule has 0 unspecified atom stereocenters. The van der Waals surface area contributed by atoms with Gasteiger partial charge in [-0.2, -0.15) is 0 Å². The number of carbonyl (C=O) groups excluding carboxylic acids is 1. The predicted molar refractivity (Wildman–Crippen MR) is 144 cm³/mol. The minimum Gasteiger partial charge on any atom is -0.418 e. The van der Waals surface area contributed by atoms with Gasteiger partial charge in [0.2, 0.25) is 17.7 Å². The Morgan fingerprint density at radius 1 is 1.21 bits per heavy atom. The van der Waals surface area contributed by atoms with Crippen molar-refractivity contribution >= 4 is 38.8 Å². The molecule has 1 aromatic carbocycles. The molecule has 0 saturated heterocycles. The molecule has 0 saturated carbocycles. The molecule has 5 heterocycles. The van der Waals surface area contributed by atoms with Gasteiger partial charge in [-0.25, -0.2) is 9.97 Å². The van der Waals surface area contributed by atoms with Gasteiger partial charge >= 0.3 is 0 Å². The van der Waals surface area contributed by atoms with Gasteiger partial charge in [-0.05, 0) is 37.6 Å². The number of nitrogen functional groups attached to an aromatic ring is 1. The smallest absolute Gasteiger partial charge is 0.277 e. The van der Waals surface area contributed by atoms with E-state index in [0.717, 1.165) is 20.5 Å². The molecule has 4 aromatic heterocycles. The van der Waals surface area contributed by atoms with Crippen LogP contribution in [0, 0.1) is 0 Å². The molecule has 38 heavy (non-hydrogen) atoms. The van der Waals surface area contributed by atoms with Crippen molar-refractivity contribution in [3.63, 3.8) is 0 Å². The number of hydrogen-bond acceptors (Lipinski definition) is 10. The van der Waals surface area contributed by atoms with Crippen molar-refractivity contribution in [1.82, 2.24) is 30.0 Å². The van der Waals surface area contributed by atoms with Crippen LogP contribution in [0.15, 0.2) is 64.1 Å². The molecule has 1 aliphatic rings. The quantitative estimate of drug-likeness (QED) is 0.288. The summed E-state index contributed by atoms with van der Waals surface area (Å²) in [6.07, 6.45) is 4.26. The highest BCUT2D eigenvalue weighted by Gasteiger charge is 2.31. The molecule has 0 aliphatic carbocycles. The third-order valence-electron chi connectivity index (χ3n) is 6.44. The molecule has 0 bridgehead atoms. The van der Waals surface area contributed by atoms with Crippen molar-refractivity contribution < 1.29 is 9.21 Å². The Kier molecular flexibility index (Phi) is 6.08. The second-order valence-electron chi connectivity index (χ2n) is 9.07. The number of fused-ring (bicyclic) bond motifs is 2. The largest absolute Gasteiger partial charge is 0.418 e. The Hall–Kier alpha value is -4.58. The number of amides is 1. The molecule has 192 valence electrons. The lowest BCUT2D eigenvalue weighted by Gasteiger charge is -2.16. The molecule has 5 aromatic rings. The monoisotopic (exact) mass is 528 g/mol. The second-order valence-corrected chi connectivity index (χ2v) is 10.2. The molecule has 1 amide bonds. The second kappa shape index (κ2) is 9.71. The maximum Gasteiger partial charge on any atom is 0.277 e. The van der Waals surface area contributed by atoms with Crippen LogP contribution in [0.2, 0.25) is 0 Å². The number of pyridine rings is 1. The number of aryl methyl sites for hydroxylation is 1.